The molecule has 3 heterocycles. The highest BCUT2D eigenvalue weighted by Gasteiger charge is 2.74. The zero-order valence-electron chi connectivity index (χ0n) is 35.1. The number of imidazole rings is 1. The van der Waals surface area contributed by atoms with Crippen LogP contribution in [0.15, 0.2) is 24.2 Å². The van der Waals surface area contributed by atoms with E-state index >= 15 is 0 Å². The molecule has 0 bridgehead atoms. The maximum absolute atomic E-state index is 13.3. The Morgan fingerprint density at radius 3 is 2.37 bits per heavy atom. The third kappa shape index (κ3) is 6.17. The number of amides is 1. The highest BCUT2D eigenvalue weighted by Crippen LogP contribution is 2.77. The third-order valence-electron chi connectivity index (χ3n) is 18.4. The summed E-state index contributed by atoms with van der Waals surface area (Å²) < 4.78 is 12.3. The number of aliphatic hydroxyl groups excluding tert-OH is 7. The molecule has 10 N–H and O–H groups in total. The van der Waals surface area contributed by atoms with Gasteiger partial charge in [-0.2, -0.15) is 0 Å². The van der Waals surface area contributed by atoms with E-state index in [4.69, 9.17) is 9.47 Å². The molecule has 8 rings (SSSR count). The Morgan fingerprint density at radius 1 is 0.966 bits per heavy atom. The molecule has 59 heavy (non-hydrogen) atoms. The number of nitrogens with one attached hydrogen (secondary N) is 2. The Kier molecular flexibility index (Phi) is 10.9. The first kappa shape index (κ1) is 43.2. The Morgan fingerprint density at radius 2 is 1.71 bits per heavy atom. The molecule has 2 aliphatic heterocycles. The fourth-order valence-corrected chi connectivity index (χ4v) is 14.9. The number of hydrogen-bond donors (Lipinski definition) is 10. The normalized spacial score (nSPS) is 52.0. The van der Waals surface area contributed by atoms with Gasteiger partial charge < -0.3 is 60.6 Å². The highest BCUT2D eigenvalue weighted by molar-refractivity contribution is 5.79. The molecule has 330 valence electrons. The number of nitrogens with zero attached hydrogens (tertiary/aromatic N) is 1. The molecule has 0 aromatic carbocycles. The molecule has 5 aliphatic carbocycles. The van der Waals surface area contributed by atoms with Crippen molar-refractivity contribution in [3.05, 3.63) is 29.9 Å². The van der Waals surface area contributed by atoms with Crippen molar-refractivity contribution in [2.24, 2.45) is 62.1 Å². The molecule has 15 heteroatoms. The van der Waals surface area contributed by atoms with E-state index in [1.54, 1.807) is 12.5 Å². The van der Waals surface area contributed by atoms with Crippen molar-refractivity contribution in [1.82, 2.24) is 15.3 Å². The van der Waals surface area contributed by atoms with Gasteiger partial charge in [0.15, 0.2) is 6.29 Å². The van der Waals surface area contributed by atoms with Crippen LogP contribution < -0.4 is 5.32 Å². The molecule has 2 saturated heterocycles. The van der Waals surface area contributed by atoms with Crippen LogP contribution in [0.3, 0.4) is 0 Å². The Bertz CT molecular complexity index is 1800. The van der Waals surface area contributed by atoms with Gasteiger partial charge in [0.05, 0.1) is 37.9 Å². The predicted octanol–water partition coefficient (Wildman–Crippen LogP) is 1.67. The topological polar surface area (TPSA) is 255 Å². The van der Waals surface area contributed by atoms with E-state index in [2.05, 4.69) is 42.1 Å². The van der Waals surface area contributed by atoms with Gasteiger partial charge in [-0.15, -0.1) is 0 Å². The van der Waals surface area contributed by atoms with Gasteiger partial charge in [-0.3, -0.25) is 9.59 Å². The summed E-state index contributed by atoms with van der Waals surface area (Å²) in [6.07, 6.45) is 0.937. The number of ether oxygens (including phenoxy) is 2. The first-order valence-corrected chi connectivity index (χ1v) is 21.8. The van der Waals surface area contributed by atoms with Crippen molar-refractivity contribution in [3.8, 4) is 0 Å². The molecule has 15 nitrogen and oxygen atoms in total. The van der Waals surface area contributed by atoms with Crippen molar-refractivity contribution >= 4 is 11.9 Å². The molecule has 19 atom stereocenters. The van der Waals surface area contributed by atoms with E-state index in [0.29, 0.717) is 38.5 Å². The Balaban J connectivity index is 1.23. The van der Waals surface area contributed by atoms with E-state index in [0.717, 1.165) is 17.7 Å². The summed E-state index contributed by atoms with van der Waals surface area (Å²) in [5.74, 6) is -2.54. The fraction of sp³-hybridized carbons (Fsp3) is 0.841. The van der Waals surface area contributed by atoms with Crippen LogP contribution >= 0.6 is 0 Å². The van der Waals surface area contributed by atoms with Crippen molar-refractivity contribution in [1.29, 1.82) is 0 Å². The highest BCUT2D eigenvalue weighted by atomic mass is 16.7. The van der Waals surface area contributed by atoms with E-state index in [-0.39, 0.29) is 68.8 Å². The van der Waals surface area contributed by atoms with Crippen LogP contribution in [0.4, 0.5) is 0 Å². The molecule has 0 radical (unpaired) electrons. The van der Waals surface area contributed by atoms with Gasteiger partial charge in [0.2, 0.25) is 5.91 Å². The molecule has 19 unspecified atom stereocenters. The SMILES string of the molecule is CC1(CO)CC(O)C2(C(=O)O)CCC3(C)C(=CCC4C5(C)C(CC6CC(=O)NC6Cc6cnc[nH]6)C(O)C(OC6OCC(O)C(O)C6O)C(C)(CO)C5CCC43C)C2C1. The lowest BCUT2D eigenvalue weighted by Gasteiger charge is -2.73. The summed E-state index contributed by atoms with van der Waals surface area (Å²) in [6, 6.07) is -0.241. The number of H-pyrrole nitrogens is 1. The molecular formula is C44H67N3O12. The number of carboxylic acid groups (broad SMARTS) is 1. The minimum atomic E-state index is -1.61. The van der Waals surface area contributed by atoms with Crippen molar-refractivity contribution in [2.45, 2.75) is 148 Å². The molecule has 6 fully saturated rings. The number of carbonyl (C=O) groups excluding carboxylic acids is 1. The molecule has 1 aromatic rings. The lowest BCUT2D eigenvalue weighted by molar-refractivity contribution is -0.340. The fourth-order valence-electron chi connectivity index (χ4n) is 14.9. The molecule has 4 saturated carbocycles. The smallest absolute Gasteiger partial charge is 0.312 e. The summed E-state index contributed by atoms with van der Waals surface area (Å²) in [5, 5.41) is 92.7. The standard InChI is InChI=1S/C44H67N3O12/c1-39(19-48)15-26-24-6-7-30-42(4,41(24,3)10-11-44(26,38(56)57)31(51)16-39)9-8-29-40(2,20-49)36(59-37-35(55)34(54)28(50)18-58-37)33(53)25(43(29,30)5)12-22-13-32(52)47-27(22)14-23-17-45-21-46-23/h6,17,21-22,25-31,33-37,48-51,53-55H,7-16,18-20H2,1-5H3,(H,45,46)(H,47,52)(H,56,57). The molecule has 1 aromatic heterocycles. The number of allylic oxidation sites excluding steroid dienone is 2. The number of aliphatic carboxylic acids is 1. The predicted molar refractivity (Wildman–Crippen MR) is 211 cm³/mol. The summed E-state index contributed by atoms with van der Waals surface area (Å²) in [4.78, 5) is 33.8. The number of aromatic nitrogens is 2. The third-order valence-corrected chi connectivity index (χ3v) is 18.4. The first-order chi connectivity index (χ1) is 27.7. The number of fused-ring (bicyclic) bond motifs is 7. The number of hydrogen-bond acceptors (Lipinski definition) is 12. The Labute approximate surface area is 346 Å². The molecule has 0 spiro atoms. The zero-order valence-corrected chi connectivity index (χ0v) is 35.1. The van der Waals surface area contributed by atoms with Gasteiger partial charge in [-0.1, -0.05) is 46.3 Å². The number of rotatable bonds is 9. The van der Waals surface area contributed by atoms with Crippen LogP contribution in [0, 0.1) is 62.1 Å². The van der Waals surface area contributed by atoms with E-state index in [9.17, 15) is 50.4 Å². The van der Waals surface area contributed by atoms with Crippen molar-refractivity contribution in [2.75, 3.05) is 19.8 Å². The van der Waals surface area contributed by atoms with Gasteiger partial charge in [-0.05, 0) is 103 Å². The minimum Gasteiger partial charge on any atom is -0.481 e. The maximum atomic E-state index is 13.3. The number of aromatic amines is 1. The number of aliphatic hydroxyl groups is 7. The van der Waals surface area contributed by atoms with Crippen LogP contribution in [-0.4, -0.2) is 131 Å². The van der Waals surface area contributed by atoms with Crippen LogP contribution in [0.5, 0.6) is 0 Å². The average molecular weight is 830 g/mol. The van der Waals surface area contributed by atoms with Crippen LogP contribution in [0.1, 0.15) is 98.1 Å². The largest absolute Gasteiger partial charge is 0.481 e. The lowest BCUT2D eigenvalue weighted by atomic mass is 9.31. The van der Waals surface area contributed by atoms with Crippen LogP contribution in [0.2, 0.25) is 0 Å². The number of carbonyl (C=O) groups is 2. The molecule has 7 aliphatic rings. The molecular weight excluding hydrogens is 762 g/mol. The van der Waals surface area contributed by atoms with Gasteiger partial charge in [0, 0.05) is 42.8 Å². The quantitative estimate of drug-likeness (QED) is 0.126. The average Bonchev–Trinajstić information content (AvgIpc) is 3.83. The monoisotopic (exact) mass is 829 g/mol. The zero-order chi connectivity index (χ0) is 42.7. The van der Waals surface area contributed by atoms with Gasteiger partial charge >= 0.3 is 5.97 Å². The van der Waals surface area contributed by atoms with Crippen molar-refractivity contribution in [3.63, 3.8) is 0 Å². The van der Waals surface area contributed by atoms with E-state index in [1.807, 2.05) is 13.8 Å². The van der Waals surface area contributed by atoms with Gasteiger partial charge in [0.1, 0.15) is 23.7 Å². The second-order valence-corrected chi connectivity index (χ2v) is 21.2. The van der Waals surface area contributed by atoms with E-state index in [1.165, 1.54) is 0 Å². The number of carboxylic acids is 1. The van der Waals surface area contributed by atoms with Crippen LogP contribution in [-0.2, 0) is 25.5 Å². The van der Waals surface area contributed by atoms with E-state index < -0.39 is 93.2 Å². The van der Waals surface area contributed by atoms with Gasteiger partial charge in [0.25, 0.3) is 0 Å². The van der Waals surface area contributed by atoms with Crippen LogP contribution in [0.25, 0.3) is 0 Å². The maximum Gasteiger partial charge on any atom is 0.312 e. The second-order valence-electron chi connectivity index (χ2n) is 21.2. The van der Waals surface area contributed by atoms with Gasteiger partial charge in [-0.25, -0.2) is 4.98 Å². The van der Waals surface area contributed by atoms with Crippen molar-refractivity contribution < 1.29 is 59.9 Å². The summed E-state index contributed by atoms with van der Waals surface area (Å²) in [6.45, 7) is 9.84. The Hall–Kier alpha value is -2.47. The first-order valence-electron chi connectivity index (χ1n) is 21.8. The summed E-state index contributed by atoms with van der Waals surface area (Å²) in [5.41, 5.74) is -2.76. The second kappa shape index (κ2) is 14.8. The summed E-state index contributed by atoms with van der Waals surface area (Å²) in [7, 11) is 0. The molecule has 1 amide bonds. The lowest BCUT2D eigenvalue weighted by Crippen LogP contribution is -2.72. The minimum absolute atomic E-state index is 0.0753. The summed E-state index contributed by atoms with van der Waals surface area (Å²) >= 11 is 0.